The van der Waals surface area contributed by atoms with Crippen molar-refractivity contribution in [1.29, 1.82) is 5.26 Å². The Kier molecular flexibility index (Phi) is 6.74. The summed E-state index contributed by atoms with van der Waals surface area (Å²) in [5.74, 6) is -1.34. The highest BCUT2D eigenvalue weighted by Gasteiger charge is 2.33. The molecule has 1 saturated heterocycles. The van der Waals surface area contributed by atoms with Crippen LogP contribution >= 0.6 is 0 Å². The van der Waals surface area contributed by atoms with E-state index in [-0.39, 0.29) is 35.2 Å². The van der Waals surface area contributed by atoms with Gasteiger partial charge in [0.15, 0.2) is 5.58 Å². The monoisotopic (exact) mass is 518 g/mol. The minimum absolute atomic E-state index is 0.0176. The standard InChI is InChI=1S/C26H26N6O6/c1-37-23(33)20(11-15-10-17(13-27)22-21(12-15)38-26(36)30-22)29-24(34)31-8-6-18(7-9-31)32-14-16-4-2-3-5-19(16)28-25(32)35/h2-5,10,12,18,20H,6-9,11,14H2,1H3,(H,28,35)(H,29,34)(H,30,36)/t20-/m1/s1. The lowest BCUT2D eigenvalue weighted by Crippen LogP contribution is -2.54. The number of hydrogen-bond acceptors (Lipinski definition) is 7. The predicted octanol–water partition coefficient (Wildman–Crippen LogP) is 2.30. The maximum atomic E-state index is 13.1. The molecule has 38 heavy (non-hydrogen) atoms. The number of para-hydroxylation sites is 1. The Balaban J connectivity index is 1.23. The number of aromatic nitrogens is 1. The zero-order valence-corrected chi connectivity index (χ0v) is 20.7. The molecule has 196 valence electrons. The quantitative estimate of drug-likeness (QED) is 0.437. The second kappa shape index (κ2) is 10.3. The van der Waals surface area contributed by atoms with Gasteiger partial charge in [-0.3, -0.25) is 4.98 Å². The summed E-state index contributed by atoms with van der Waals surface area (Å²) in [6.45, 7) is 1.34. The Bertz CT molecular complexity index is 1500. The molecule has 5 rings (SSSR count). The summed E-state index contributed by atoms with van der Waals surface area (Å²) in [4.78, 5) is 55.7. The molecule has 3 N–H and O–H groups in total. The molecule has 0 unspecified atom stereocenters. The molecule has 2 aliphatic rings. The second-order valence-corrected chi connectivity index (χ2v) is 9.31. The van der Waals surface area contributed by atoms with Crippen LogP contribution in [0.15, 0.2) is 45.6 Å². The number of hydrogen-bond donors (Lipinski definition) is 3. The molecule has 0 aliphatic carbocycles. The van der Waals surface area contributed by atoms with Crippen LogP contribution < -0.4 is 16.4 Å². The van der Waals surface area contributed by atoms with Gasteiger partial charge in [-0.2, -0.15) is 5.26 Å². The van der Waals surface area contributed by atoms with Gasteiger partial charge >= 0.3 is 23.8 Å². The third-order valence-corrected chi connectivity index (χ3v) is 6.99. The third kappa shape index (κ3) is 4.90. The third-order valence-electron chi connectivity index (χ3n) is 6.99. The number of aromatic amines is 1. The molecule has 1 atom stereocenters. The van der Waals surface area contributed by atoms with Crippen LogP contribution in [-0.4, -0.2) is 65.1 Å². The van der Waals surface area contributed by atoms with E-state index in [0.29, 0.717) is 38.0 Å². The lowest BCUT2D eigenvalue weighted by atomic mass is 10.0. The van der Waals surface area contributed by atoms with E-state index in [2.05, 4.69) is 15.6 Å². The van der Waals surface area contributed by atoms with Crippen molar-refractivity contribution in [2.24, 2.45) is 0 Å². The molecular formula is C26H26N6O6. The van der Waals surface area contributed by atoms with Gasteiger partial charge in [-0.25, -0.2) is 19.2 Å². The summed E-state index contributed by atoms with van der Waals surface area (Å²) < 4.78 is 9.97. The van der Waals surface area contributed by atoms with Crippen molar-refractivity contribution >= 4 is 34.8 Å². The summed E-state index contributed by atoms with van der Waals surface area (Å²) in [5.41, 5.74) is 3.02. The van der Waals surface area contributed by atoms with Crippen LogP contribution in [0.5, 0.6) is 0 Å². The Morgan fingerprint density at radius 2 is 2.00 bits per heavy atom. The fourth-order valence-corrected chi connectivity index (χ4v) is 5.03. The number of amides is 4. The number of carbonyl (C=O) groups is 3. The van der Waals surface area contributed by atoms with Gasteiger partial charge in [-0.1, -0.05) is 18.2 Å². The SMILES string of the molecule is COC(=O)[C@@H](Cc1cc(C#N)c2[nH]c(=O)oc2c1)NC(=O)N1CCC(N2Cc3ccccc3NC2=O)CC1. The number of carbonyl (C=O) groups excluding carboxylic acids is 3. The average Bonchev–Trinajstić information content (AvgIpc) is 3.31. The Hall–Kier alpha value is -4.79. The second-order valence-electron chi connectivity index (χ2n) is 9.31. The van der Waals surface area contributed by atoms with Crippen LogP contribution in [0.1, 0.15) is 29.5 Å². The number of anilines is 1. The molecule has 2 aromatic carbocycles. The average molecular weight is 519 g/mol. The normalized spacial score (nSPS) is 16.4. The van der Waals surface area contributed by atoms with Crippen molar-refractivity contribution in [1.82, 2.24) is 20.1 Å². The van der Waals surface area contributed by atoms with Crippen LogP contribution in [0, 0.1) is 11.3 Å². The number of esters is 1. The molecule has 0 radical (unpaired) electrons. The highest BCUT2D eigenvalue weighted by molar-refractivity contribution is 5.92. The number of ether oxygens (including phenoxy) is 1. The van der Waals surface area contributed by atoms with E-state index in [0.717, 1.165) is 11.3 Å². The number of piperidine rings is 1. The summed E-state index contributed by atoms with van der Waals surface area (Å²) in [6, 6.07) is 11.1. The van der Waals surface area contributed by atoms with Crippen LogP contribution in [0.3, 0.4) is 0 Å². The Labute approximate surface area is 217 Å². The lowest BCUT2D eigenvalue weighted by molar-refractivity contribution is -0.142. The number of oxazole rings is 1. The molecule has 3 heterocycles. The zero-order chi connectivity index (χ0) is 26.8. The number of H-pyrrole nitrogens is 1. The van der Waals surface area contributed by atoms with Gasteiger partial charge in [0.1, 0.15) is 17.6 Å². The molecule has 0 saturated carbocycles. The topological polar surface area (TPSA) is 161 Å². The fraction of sp³-hybridized carbons (Fsp3) is 0.346. The van der Waals surface area contributed by atoms with Gasteiger partial charge in [0.05, 0.1) is 12.7 Å². The van der Waals surface area contributed by atoms with Gasteiger partial charge in [-0.05, 0) is 42.2 Å². The zero-order valence-electron chi connectivity index (χ0n) is 20.7. The lowest BCUT2D eigenvalue weighted by Gasteiger charge is -2.40. The van der Waals surface area contributed by atoms with Crippen LogP contribution in [0.4, 0.5) is 15.3 Å². The van der Waals surface area contributed by atoms with Crippen LogP contribution in [0.25, 0.3) is 11.1 Å². The number of urea groups is 2. The summed E-state index contributed by atoms with van der Waals surface area (Å²) >= 11 is 0. The molecule has 12 nitrogen and oxygen atoms in total. The number of benzene rings is 2. The minimum atomic E-state index is -1.02. The molecule has 4 amide bonds. The first-order chi connectivity index (χ1) is 18.4. The van der Waals surface area contributed by atoms with Gasteiger partial charge < -0.3 is 29.6 Å². The van der Waals surface area contributed by atoms with Crippen molar-refractivity contribution in [3.8, 4) is 6.07 Å². The van der Waals surface area contributed by atoms with Gasteiger partial charge in [0.2, 0.25) is 0 Å². The van der Waals surface area contributed by atoms with Gasteiger partial charge in [-0.15, -0.1) is 0 Å². The van der Waals surface area contributed by atoms with E-state index >= 15 is 0 Å². The number of rotatable bonds is 5. The van der Waals surface area contributed by atoms with E-state index in [1.165, 1.54) is 13.2 Å². The van der Waals surface area contributed by atoms with E-state index in [9.17, 15) is 24.4 Å². The van der Waals surface area contributed by atoms with Crippen molar-refractivity contribution in [3.05, 3.63) is 63.6 Å². The van der Waals surface area contributed by atoms with Gasteiger partial charge in [0.25, 0.3) is 0 Å². The molecule has 0 spiro atoms. The van der Waals surface area contributed by atoms with Crippen molar-refractivity contribution in [2.45, 2.75) is 37.9 Å². The maximum Gasteiger partial charge on any atom is 0.417 e. The summed E-state index contributed by atoms with van der Waals surface area (Å²) in [5, 5.41) is 15.1. The molecular weight excluding hydrogens is 492 g/mol. The van der Waals surface area contributed by atoms with Gasteiger partial charge in [0, 0.05) is 37.8 Å². The highest BCUT2D eigenvalue weighted by Crippen LogP contribution is 2.27. The van der Waals surface area contributed by atoms with Crippen LogP contribution in [0.2, 0.25) is 0 Å². The molecule has 1 fully saturated rings. The molecule has 3 aromatic rings. The van der Waals surface area contributed by atoms with E-state index < -0.39 is 23.8 Å². The first kappa shape index (κ1) is 24.9. The van der Waals surface area contributed by atoms with E-state index in [1.54, 1.807) is 15.9 Å². The number of fused-ring (bicyclic) bond motifs is 2. The maximum absolute atomic E-state index is 13.1. The summed E-state index contributed by atoms with van der Waals surface area (Å²) in [6.07, 6.45) is 1.23. The first-order valence-electron chi connectivity index (χ1n) is 12.2. The van der Waals surface area contributed by atoms with E-state index in [1.807, 2.05) is 30.3 Å². The molecule has 2 aliphatic heterocycles. The first-order valence-corrected chi connectivity index (χ1v) is 12.2. The molecule has 1 aromatic heterocycles. The predicted molar refractivity (Wildman–Crippen MR) is 135 cm³/mol. The van der Waals surface area contributed by atoms with Crippen molar-refractivity contribution < 1.29 is 23.5 Å². The number of nitriles is 1. The number of nitrogens with one attached hydrogen (secondary N) is 3. The Morgan fingerprint density at radius 3 is 2.74 bits per heavy atom. The molecule has 0 bridgehead atoms. The van der Waals surface area contributed by atoms with Crippen molar-refractivity contribution in [3.63, 3.8) is 0 Å². The van der Waals surface area contributed by atoms with Crippen LogP contribution in [-0.2, 0) is 22.5 Å². The number of methoxy groups -OCH3 is 1. The highest BCUT2D eigenvalue weighted by atomic mass is 16.5. The fourth-order valence-electron chi connectivity index (χ4n) is 5.03. The van der Waals surface area contributed by atoms with E-state index in [4.69, 9.17) is 9.15 Å². The smallest absolute Gasteiger partial charge is 0.417 e. The number of likely N-dealkylation sites (tertiary alicyclic amines) is 1. The van der Waals surface area contributed by atoms with Crippen molar-refractivity contribution in [2.75, 3.05) is 25.5 Å². The minimum Gasteiger partial charge on any atom is -0.467 e. The largest absolute Gasteiger partial charge is 0.467 e. The number of nitrogens with zero attached hydrogens (tertiary/aromatic N) is 3. The Morgan fingerprint density at radius 1 is 1.24 bits per heavy atom. The summed E-state index contributed by atoms with van der Waals surface area (Å²) in [7, 11) is 1.23. The molecule has 12 heteroatoms.